The Hall–Kier alpha value is -4.81. The van der Waals surface area contributed by atoms with Crippen LogP contribution in [0, 0.1) is 16.0 Å². The van der Waals surface area contributed by atoms with Crippen LogP contribution in [0.25, 0.3) is 11.1 Å². The first-order valence-electron chi connectivity index (χ1n) is 17.2. The molecule has 2 heterocycles. The third-order valence-corrected chi connectivity index (χ3v) is 9.65. The zero-order chi connectivity index (χ0) is 35.0. The van der Waals surface area contributed by atoms with E-state index in [4.69, 9.17) is 9.47 Å². The molecule has 4 atom stereocenters. The Balaban J connectivity index is 1.17. The van der Waals surface area contributed by atoms with E-state index in [-0.39, 0.29) is 41.4 Å². The van der Waals surface area contributed by atoms with Crippen LogP contribution in [0.2, 0.25) is 0 Å². The van der Waals surface area contributed by atoms with Gasteiger partial charge in [-0.2, -0.15) is 0 Å². The predicted octanol–water partition coefficient (Wildman–Crippen LogP) is 6.19. The van der Waals surface area contributed by atoms with E-state index < -0.39 is 6.29 Å². The molecule has 0 aliphatic carbocycles. The third kappa shape index (κ3) is 8.31. The van der Waals surface area contributed by atoms with Crippen LogP contribution in [0.15, 0.2) is 97.1 Å². The van der Waals surface area contributed by atoms with Crippen molar-refractivity contribution in [3.8, 4) is 11.1 Å². The summed E-state index contributed by atoms with van der Waals surface area (Å²) < 4.78 is 13.5. The van der Waals surface area contributed by atoms with E-state index >= 15 is 0 Å². The smallest absolute Gasteiger partial charge is 0.315 e. The van der Waals surface area contributed by atoms with Crippen LogP contribution in [0.4, 0.5) is 16.2 Å². The van der Waals surface area contributed by atoms with E-state index in [1.165, 1.54) is 0 Å². The lowest BCUT2D eigenvalue weighted by molar-refractivity contribution is -0.384. The number of hydrogen-bond acceptors (Lipinski definition) is 8. The molecule has 0 spiro atoms. The highest BCUT2D eigenvalue weighted by Crippen LogP contribution is 2.42. The van der Waals surface area contributed by atoms with Gasteiger partial charge in [-0.3, -0.25) is 15.0 Å². The van der Waals surface area contributed by atoms with E-state index in [0.717, 1.165) is 71.8 Å². The highest BCUT2D eigenvalue weighted by Gasteiger charge is 2.39. The van der Waals surface area contributed by atoms with E-state index in [2.05, 4.69) is 57.7 Å². The average Bonchev–Trinajstić information content (AvgIpc) is 3.15. The van der Waals surface area contributed by atoms with Crippen molar-refractivity contribution in [3.63, 3.8) is 0 Å². The van der Waals surface area contributed by atoms with Crippen LogP contribution >= 0.6 is 0 Å². The van der Waals surface area contributed by atoms with E-state index in [0.29, 0.717) is 13.1 Å². The van der Waals surface area contributed by atoms with E-state index in [1.807, 2.05) is 61.5 Å². The molecule has 262 valence electrons. The van der Waals surface area contributed by atoms with Gasteiger partial charge in [-0.05, 0) is 46.9 Å². The van der Waals surface area contributed by atoms with E-state index in [9.17, 15) is 20.0 Å². The Kier molecular flexibility index (Phi) is 11.4. The molecule has 0 bridgehead atoms. The number of piperazine rings is 1. The maximum Gasteiger partial charge on any atom is 0.315 e. The molecule has 0 saturated carbocycles. The van der Waals surface area contributed by atoms with Gasteiger partial charge in [0.05, 0.1) is 23.7 Å². The second-order valence-electron chi connectivity index (χ2n) is 12.9. The lowest BCUT2D eigenvalue weighted by Crippen LogP contribution is -2.51. The summed E-state index contributed by atoms with van der Waals surface area (Å²) in [6.45, 7) is 9.07. The lowest BCUT2D eigenvalue weighted by Gasteiger charge is -2.44. The number of aliphatic hydroxyl groups excluding tert-OH is 1. The number of aliphatic hydroxyl groups is 1. The Bertz CT molecular complexity index is 1730. The molecule has 2 amide bonds. The van der Waals surface area contributed by atoms with Gasteiger partial charge in [-0.25, -0.2) is 4.79 Å². The fraction of sp³-hybridized carbons (Fsp3) is 0.359. The molecule has 2 fully saturated rings. The Morgan fingerprint density at radius 3 is 2.22 bits per heavy atom. The van der Waals surface area contributed by atoms with Gasteiger partial charge in [0.15, 0.2) is 6.29 Å². The summed E-state index contributed by atoms with van der Waals surface area (Å²) >= 11 is 0. The van der Waals surface area contributed by atoms with Crippen molar-refractivity contribution in [3.05, 3.63) is 129 Å². The largest absolute Gasteiger partial charge is 0.392 e. The third-order valence-electron chi connectivity index (χ3n) is 9.65. The first-order valence-corrected chi connectivity index (χ1v) is 17.2. The number of nitrogens with one attached hydrogen (secondary N) is 2. The fourth-order valence-corrected chi connectivity index (χ4v) is 6.73. The zero-order valence-electron chi connectivity index (χ0n) is 28.5. The van der Waals surface area contributed by atoms with Crippen molar-refractivity contribution < 1.29 is 24.3 Å². The SMILES string of the molecule is CCNC(=O)NCc1ccccc1-c1ccc([C@H]2O[C@@H](CN3CCN(c4ccc([N+](=O)[O-])cc4)CC3)[C@@H](C)[C@@H](c3ccc(CO)cc3)O2)cc1. The first-order chi connectivity index (χ1) is 24.3. The van der Waals surface area contributed by atoms with Crippen LogP contribution in [-0.4, -0.2) is 66.3 Å². The van der Waals surface area contributed by atoms with Crippen molar-refractivity contribution in [1.82, 2.24) is 15.5 Å². The van der Waals surface area contributed by atoms with Crippen molar-refractivity contribution in [2.75, 3.05) is 44.2 Å². The standard InChI is InChI=1S/C39H45N5O6/c1-3-40-39(46)41-24-32-6-4-5-7-35(32)29-12-14-31(15-13-29)38-49-36(27(2)37(50-38)30-10-8-28(26-45)9-11-30)25-42-20-22-43(23-21-42)33-16-18-34(19-17-33)44(47)48/h4-19,27,36-38,45H,3,20-26H2,1-2H3,(H2,40,41,46)/t27-,36+,37+,38+/m1/s1. The average molecular weight is 680 g/mol. The van der Waals surface area contributed by atoms with Gasteiger partial charge in [0.2, 0.25) is 0 Å². The highest BCUT2D eigenvalue weighted by atomic mass is 16.7. The number of anilines is 1. The highest BCUT2D eigenvalue weighted by molar-refractivity contribution is 5.74. The second kappa shape index (κ2) is 16.3. The van der Waals surface area contributed by atoms with Gasteiger partial charge >= 0.3 is 6.03 Å². The molecule has 3 N–H and O–H groups in total. The molecule has 2 aliphatic rings. The Morgan fingerprint density at radius 2 is 1.56 bits per heavy atom. The van der Waals surface area contributed by atoms with E-state index in [1.54, 1.807) is 12.1 Å². The number of amides is 2. The monoisotopic (exact) mass is 679 g/mol. The van der Waals surface area contributed by atoms with Gasteiger partial charge < -0.3 is 30.1 Å². The maximum absolute atomic E-state index is 12.0. The minimum Gasteiger partial charge on any atom is -0.392 e. The number of benzene rings is 4. The van der Waals surface area contributed by atoms with Crippen LogP contribution in [-0.2, 0) is 22.6 Å². The molecule has 50 heavy (non-hydrogen) atoms. The Labute approximate surface area is 293 Å². The maximum atomic E-state index is 12.0. The Morgan fingerprint density at radius 1 is 0.880 bits per heavy atom. The number of nitro benzene ring substituents is 1. The summed E-state index contributed by atoms with van der Waals surface area (Å²) in [5.41, 5.74) is 6.99. The molecule has 11 nitrogen and oxygen atoms in total. The molecule has 11 heteroatoms. The number of non-ortho nitro benzene ring substituents is 1. The molecule has 0 unspecified atom stereocenters. The molecule has 2 aliphatic heterocycles. The normalized spacial score (nSPS) is 21.1. The molecule has 0 aromatic heterocycles. The number of hydrogen-bond donors (Lipinski definition) is 3. The number of urea groups is 1. The van der Waals surface area contributed by atoms with Gasteiger partial charge in [0, 0.05) is 75.1 Å². The van der Waals surface area contributed by atoms with Crippen LogP contribution < -0.4 is 15.5 Å². The molecule has 6 rings (SSSR count). The summed E-state index contributed by atoms with van der Waals surface area (Å²) in [5.74, 6) is 0.0579. The number of carbonyl (C=O) groups excluding carboxylic acids is 1. The number of nitro groups is 1. The molecule has 4 aromatic carbocycles. The quantitative estimate of drug-likeness (QED) is 0.127. The minimum absolute atomic E-state index is 0.0148. The number of ether oxygens (including phenoxy) is 2. The van der Waals surface area contributed by atoms with Gasteiger partial charge in [-0.15, -0.1) is 0 Å². The summed E-state index contributed by atoms with van der Waals surface area (Å²) in [7, 11) is 0. The van der Waals surface area contributed by atoms with Crippen molar-refractivity contribution in [1.29, 1.82) is 0 Å². The molecule has 2 saturated heterocycles. The first kappa shape index (κ1) is 35.0. The second-order valence-corrected chi connectivity index (χ2v) is 12.9. The lowest BCUT2D eigenvalue weighted by atomic mass is 9.89. The fourth-order valence-electron chi connectivity index (χ4n) is 6.73. The van der Waals surface area contributed by atoms with Crippen molar-refractivity contribution in [2.45, 2.75) is 45.5 Å². The summed E-state index contributed by atoms with van der Waals surface area (Å²) in [6, 6.07) is 30.8. The topological polar surface area (TPSA) is 129 Å². The van der Waals surface area contributed by atoms with Crippen LogP contribution in [0.5, 0.6) is 0 Å². The van der Waals surface area contributed by atoms with Crippen LogP contribution in [0.1, 0.15) is 48.5 Å². The number of rotatable bonds is 11. The van der Waals surface area contributed by atoms with Gasteiger partial charge in [0.1, 0.15) is 0 Å². The predicted molar refractivity (Wildman–Crippen MR) is 193 cm³/mol. The van der Waals surface area contributed by atoms with Crippen LogP contribution in [0.3, 0.4) is 0 Å². The zero-order valence-corrected chi connectivity index (χ0v) is 28.5. The minimum atomic E-state index is -0.580. The molecule has 4 aromatic rings. The van der Waals surface area contributed by atoms with Crippen molar-refractivity contribution in [2.24, 2.45) is 5.92 Å². The molecular weight excluding hydrogens is 634 g/mol. The summed E-state index contributed by atoms with van der Waals surface area (Å²) in [6.07, 6.45) is -0.902. The van der Waals surface area contributed by atoms with Gasteiger partial charge in [-0.1, -0.05) is 79.7 Å². The number of carbonyl (C=O) groups is 1. The van der Waals surface area contributed by atoms with Gasteiger partial charge in [0.25, 0.3) is 5.69 Å². The van der Waals surface area contributed by atoms with Crippen molar-refractivity contribution >= 4 is 17.4 Å². The summed E-state index contributed by atoms with van der Waals surface area (Å²) in [5, 5.41) is 26.4. The molecule has 0 radical (unpaired) electrons. The molecular formula is C39H45N5O6. The summed E-state index contributed by atoms with van der Waals surface area (Å²) in [4.78, 5) is 27.4. The number of nitrogens with zero attached hydrogens (tertiary/aromatic N) is 3.